The highest BCUT2D eigenvalue weighted by molar-refractivity contribution is 6.04. The number of fused-ring (bicyclic) bond motifs is 1. The number of halogens is 1. The lowest BCUT2D eigenvalue weighted by atomic mass is 10.0. The fourth-order valence-corrected chi connectivity index (χ4v) is 2.59. The lowest BCUT2D eigenvalue weighted by Crippen LogP contribution is -2.28. The summed E-state index contributed by atoms with van der Waals surface area (Å²) in [6, 6.07) is 4.55. The molecule has 0 aliphatic carbocycles. The number of nitrogens with zero attached hydrogens (tertiary/aromatic N) is 4. The number of aromatic nitrogens is 3. The molecule has 0 aromatic carbocycles. The van der Waals surface area contributed by atoms with E-state index in [9.17, 15) is 14.3 Å². The maximum atomic E-state index is 13.3. The molecule has 7 nitrogen and oxygen atoms in total. The molecule has 1 N–H and O–H groups in total. The molecule has 0 saturated heterocycles. The molecule has 3 aromatic rings. The molecular weight excluding hydrogens is 351 g/mol. The van der Waals surface area contributed by atoms with Crippen molar-refractivity contribution in [3.63, 3.8) is 0 Å². The van der Waals surface area contributed by atoms with E-state index in [0.717, 1.165) is 0 Å². The number of rotatable bonds is 5. The highest BCUT2D eigenvalue weighted by Gasteiger charge is 2.21. The van der Waals surface area contributed by atoms with E-state index in [1.54, 1.807) is 46.3 Å². The number of aliphatic hydroxyl groups is 1. The van der Waals surface area contributed by atoms with Gasteiger partial charge in [-0.05, 0) is 32.0 Å². The average molecular weight is 372 g/mol. The Morgan fingerprint density at radius 1 is 1.33 bits per heavy atom. The van der Waals surface area contributed by atoms with Gasteiger partial charge in [-0.1, -0.05) is 0 Å². The second-order valence-electron chi connectivity index (χ2n) is 7.11. The molecule has 3 heterocycles. The Labute approximate surface area is 156 Å². The third-order valence-electron chi connectivity index (χ3n) is 3.85. The second kappa shape index (κ2) is 6.96. The molecule has 3 aromatic heterocycles. The van der Waals surface area contributed by atoms with Crippen LogP contribution in [-0.2, 0) is 0 Å². The molecule has 1 amide bonds. The quantitative estimate of drug-likeness (QED) is 0.696. The molecule has 27 heavy (non-hydrogen) atoms. The van der Waals surface area contributed by atoms with Gasteiger partial charge in [0.05, 0.1) is 29.1 Å². The predicted octanol–water partition coefficient (Wildman–Crippen LogP) is 2.39. The van der Waals surface area contributed by atoms with Crippen molar-refractivity contribution in [3.05, 3.63) is 48.3 Å². The molecule has 0 spiro atoms. The van der Waals surface area contributed by atoms with Crippen LogP contribution in [0.25, 0.3) is 16.6 Å². The second-order valence-corrected chi connectivity index (χ2v) is 7.11. The van der Waals surface area contributed by atoms with Crippen molar-refractivity contribution < 1.29 is 19.0 Å². The molecule has 0 fully saturated rings. The largest absolute Gasteiger partial charge is 0.489 e. The number of hydrogen-bond donors (Lipinski definition) is 1. The average Bonchev–Trinajstić information content (AvgIpc) is 3.02. The van der Waals surface area contributed by atoms with E-state index < -0.39 is 11.5 Å². The Kier molecular flexibility index (Phi) is 4.84. The van der Waals surface area contributed by atoms with E-state index in [1.165, 1.54) is 27.9 Å². The highest BCUT2D eigenvalue weighted by atomic mass is 19.1. The summed E-state index contributed by atoms with van der Waals surface area (Å²) < 4.78 is 20.5. The van der Waals surface area contributed by atoms with Crippen LogP contribution in [-0.4, -0.2) is 56.8 Å². The summed E-state index contributed by atoms with van der Waals surface area (Å²) in [6.07, 6.45) is 4.51. The van der Waals surface area contributed by atoms with E-state index in [4.69, 9.17) is 4.74 Å². The van der Waals surface area contributed by atoms with Crippen LogP contribution in [0.2, 0.25) is 0 Å². The molecule has 0 unspecified atom stereocenters. The number of ether oxygens (including phenoxy) is 1. The Bertz CT molecular complexity index is 975. The Hall–Kier alpha value is -3.00. The van der Waals surface area contributed by atoms with Gasteiger partial charge in [0.1, 0.15) is 12.4 Å². The summed E-state index contributed by atoms with van der Waals surface area (Å²) >= 11 is 0. The van der Waals surface area contributed by atoms with Crippen molar-refractivity contribution in [2.24, 2.45) is 0 Å². The van der Waals surface area contributed by atoms with Gasteiger partial charge in [0.25, 0.3) is 5.91 Å². The van der Waals surface area contributed by atoms with Gasteiger partial charge in [-0.25, -0.2) is 9.50 Å². The maximum Gasteiger partial charge on any atom is 0.257 e. The molecule has 0 aliphatic heterocycles. The van der Waals surface area contributed by atoms with Crippen molar-refractivity contribution in [1.29, 1.82) is 0 Å². The summed E-state index contributed by atoms with van der Waals surface area (Å²) in [5, 5.41) is 14.2. The number of amides is 1. The third-order valence-corrected chi connectivity index (χ3v) is 3.85. The van der Waals surface area contributed by atoms with Crippen molar-refractivity contribution in [2.75, 3.05) is 20.7 Å². The minimum Gasteiger partial charge on any atom is -0.489 e. The van der Waals surface area contributed by atoms with E-state index in [2.05, 4.69) is 10.1 Å². The first kappa shape index (κ1) is 18.8. The number of carbonyl (C=O) groups excluding carboxylic acids is 1. The topological polar surface area (TPSA) is 80.0 Å². The molecule has 0 radical (unpaired) electrons. The van der Waals surface area contributed by atoms with Crippen molar-refractivity contribution in [2.45, 2.75) is 19.4 Å². The smallest absolute Gasteiger partial charge is 0.257 e. The van der Waals surface area contributed by atoms with Crippen molar-refractivity contribution >= 4 is 11.4 Å². The monoisotopic (exact) mass is 372 g/mol. The van der Waals surface area contributed by atoms with Crippen LogP contribution in [0, 0.1) is 5.95 Å². The fourth-order valence-electron chi connectivity index (χ4n) is 2.59. The SMILES string of the molecule is CN(C)C(=O)c1cnn2cc(OCC(C)(C)O)cc(-c3ccc(F)nc3)c12. The van der Waals surface area contributed by atoms with Gasteiger partial charge < -0.3 is 14.7 Å². The van der Waals surface area contributed by atoms with Crippen LogP contribution in [0.5, 0.6) is 5.75 Å². The summed E-state index contributed by atoms with van der Waals surface area (Å²) in [5.74, 6) is -0.343. The zero-order valence-electron chi connectivity index (χ0n) is 15.6. The molecule has 0 saturated carbocycles. The molecule has 8 heteroatoms. The van der Waals surface area contributed by atoms with Gasteiger partial charge in [0.2, 0.25) is 5.95 Å². The van der Waals surface area contributed by atoms with Crippen LogP contribution >= 0.6 is 0 Å². The summed E-state index contributed by atoms with van der Waals surface area (Å²) in [4.78, 5) is 17.7. The van der Waals surface area contributed by atoms with E-state index >= 15 is 0 Å². The van der Waals surface area contributed by atoms with Gasteiger partial charge in [-0.3, -0.25) is 4.79 Å². The highest BCUT2D eigenvalue weighted by Crippen LogP contribution is 2.31. The number of carbonyl (C=O) groups is 1. The first-order valence-corrected chi connectivity index (χ1v) is 8.36. The Morgan fingerprint density at radius 3 is 2.67 bits per heavy atom. The minimum absolute atomic E-state index is 0.0738. The van der Waals surface area contributed by atoms with E-state index in [-0.39, 0.29) is 12.5 Å². The Morgan fingerprint density at radius 2 is 2.07 bits per heavy atom. The molecule has 0 atom stereocenters. The van der Waals surface area contributed by atoms with Gasteiger partial charge >= 0.3 is 0 Å². The zero-order chi connectivity index (χ0) is 19.8. The summed E-state index contributed by atoms with van der Waals surface area (Å²) in [7, 11) is 3.32. The van der Waals surface area contributed by atoms with Gasteiger partial charge in [-0.15, -0.1) is 0 Å². The molecule has 3 rings (SSSR count). The van der Waals surface area contributed by atoms with Crippen LogP contribution in [0.3, 0.4) is 0 Å². The maximum absolute atomic E-state index is 13.3. The minimum atomic E-state index is -1.01. The number of hydrogen-bond acceptors (Lipinski definition) is 5. The summed E-state index contributed by atoms with van der Waals surface area (Å²) in [5.41, 5.74) is 1.20. The molecular formula is C19H21FN4O3. The van der Waals surface area contributed by atoms with Crippen LogP contribution in [0.15, 0.2) is 36.8 Å². The lowest BCUT2D eigenvalue weighted by Gasteiger charge is -2.18. The van der Waals surface area contributed by atoms with Crippen LogP contribution in [0.1, 0.15) is 24.2 Å². The first-order chi connectivity index (χ1) is 12.7. The molecule has 0 bridgehead atoms. The summed E-state index contributed by atoms with van der Waals surface area (Å²) in [6.45, 7) is 3.35. The van der Waals surface area contributed by atoms with E-state index in [1.807, 2.05) is 0 Å². The zero-order valence-corrected chi connectivity index (χ0v) is 15.6. The predicted molar refractivity (Wildman–Crippen MR) is 98.2 cm³/mol. The molecule has 0 aliphatic rings. The van der Waals surface area contributed by atoms with E-state index in [0.29, 0.717) is 28.0 Å². The fraction of sp³-hybridized carbons (Fsp3) is 0.316. The Balaban J connectivity index is 2.18. The van der Waals surface area contributed by atoms with Crippen LogP contribution in [0.4, 0.5) is 4.39 Å². The van der Waals surface area contributed by atoms with Crippen LogP contribution < -0.4 is 4.74 Å². The standard InChI is InChI=1S/C19H21FN4O3/c1-19(2,26)11-27-13-7-14(12-5-6-16(20)21-8-12)17-15(18(25)23(3)4)9-22-24(17)10-13/h5-10,26H,11H2,1-4H3. The normalized spacial score (nSPS) is 11.6. The third kappa shape index (κ3) is 4.06. The first-order valence-electron chi connectivity index (χ1n) is 8.36. The molecule has 142 valence electrons. The van der Waals surface area contributed by atoms with Gasteiger partial charge in [0.15, 0.2) is 0 Å². The lowest BCUT2D eigenvalue weighted by molar-refractivity contribution is 0.0283. The van der Waals surface area contributed by atoms with Gasteiger partial charge in [0, 0.05) is 31.4 Å². The van der Waals surface area contributed by atoms with Crippen molar-refractivity contribution in [3.8, 4) is 16.9 Å². The van der Waals surface area contributed by atoms with Gasteiger partial charge in [-0.2, -0.15) is 9.49 Å². The van der Waals surface area contributed by atoms with Crippen molar-refractivity contribution in [1.82, 2.24) is 19.5 Å². The number of pyridine rings is 2.